The molecule has 0 saturated heterocycles. The lowest BCUT2D eigenvalue weighted by Crippen LogP contribution is -2.11. The highest BCUT2D eigenvalue weighted by molar-refractivity contribution is 9.10. The molecule has 0 bridgehead atoms. The van der Waals surface area contributed by atoms with Gasteiger partial charge in [-0.05, 0) is 46.3 Å². The number of rotatable bonds is 4. The SMILES string of the molecule is N=C(N)c1ccc(OCc2c(F)ccc(Br)c2F)cc1Cl. The number of nitrogens with one attached hydrogen (secondary N) is 1. The van der Waals surface area contributed by atoms with Gasteiger partial charge in [0.1, 0.15) is 29.8 Å². The lowest BCUT2D eigenvalue weighted by molar-refractivity contribution is 0.292. The summed E-state index contributed by atoms with van der Waals surface area (Å²) in [6.45, 7) is -0.285. The minimum absolute atomic E-state index is 0.160. The normalized spacial score (nSPS) is 10.5. The molecule has 3 N–H and O–H groups in total. The molecule has 0 radical (unpaired) electrons. The summed E-state index contributed by atoms with van der Waals surface area (Å²) in [4.78, 5) is 0. The molecule has 2 aromatic carbocycles. The molecule has 0 saturated carbocycles. The van der Waals surface area contributed by atoms with Gasteiger partial charge in [0.25, 0.3) is 0 Å². The molecule has 0 unspecified atom stereocenters. The van der Waals surface area contributed by atoms with Crippen LogP contribution in [0, 0.1) is 17.0 Å². The van der Waals surface area contributed by atoms with Crippen LogP contribution in [0.4, 0.5) is 8.78 Å². The van der Waals surface area contributed by atoms with Crippen LogP contribution in [-0.2, 0) is 6.61 Å². The molecule has 0 spiro atoms. The van der Waals surface area contributed by atoms with E-state index in [-0.39, 0.29) is 27.5 Å². The Morgan fingerprint density at radius 2 is 2.00 bits per heavy atom. The third kappa shape index (κ3) is 3.51. The topological polar surface area (TPSA) is 59.1 Å². The van der Waals surface area contributed by atoms with Gasteiger partial charge in [-0.25, -0.2) is 8.78 Å². The third-order valence-corrected chi connectivity index (χ3v) is 3.68. The van der Waals surface area contributed by atoms with Gasteiger partial charge in [-0.15, -0.1) is 0 Å². The second kappa shape index (κ2) is 6.41. The summed E-state index contributed by atoms with van der Waals surface area (Å²) in [5.41, 5.74) is 5.52. The average Bonchev–Trinajstić information content (AvgIpc) is 2.43. The van der Waals surface area contributed by atoms with Gasteiger partial charge < -0.3 is 10.5 Å². The Bertz CT molecular complexity index is 710. The number of halogens is 4. The zero-order valence-corrected chi connectivity index (χ0v) is 12.9. The summed E-state index contributed by atoms with van der Waals surface area (Å²) in [5, 5.41) is 7.54. The lowest BCUT2D eigenvalue weighted by Gasteiger charge is -2.10. The summed E-state index contributed by atoms with van der Waals surface area (Å²) in [6.07, 6.45) is 0. The van der Waals surface area contributed by atoms with Crippen LogP contribution >= 0.6 is 27.5 Å². The Morgan fingerprint density at radius 3 is 2.62 bits per heavy atom. The highest BCUT2D eigenvalue weighted by Gasteiger charge is 2.13. The number of hydrogen-bond donors (Lipinski definition) is 2. The molecule has 0 atom stereocenters. The van der Waals surface area contributed by atoms with Gasteiger partial charge >= 0.3 is 0 Å². The molecule has 0 aliphatic heterocycles. The van der Waals surface area contributed by atoms with Gasteiger partial charge in [-0.2, -0.15) is 0 Å². The van der Waals surface area contributed by atoms with Crippen molar-refractivity contribution < 1.29 is 13.5 Å². The van der Waals surface area contributed by atoms with E-state index in [2.05, 4.69) is 15.9 Å². The maximum Gasteiger partial charge on any atom is 0.146 e. The fourth-order valence-electron chi connectivity index (χ4n) is 1.66. The molecular weight excluding hydrogens is 366 g/mol. The van der Waals surface area contributed by atoms with E-state index in [9.17, 15) is 8.78 Å². The molecule has 7 heteroatoms. The summed E-state index contributed by atoms with van der Waals surface area (Å²) >= 11 is 8.93. The first kappa shape index (κ1) is 15.7. The van der Waals surface area contributed by atoms with Crippen molar-refractivity contribution in [2.24, 2.45) is 5.73 Å². The molecule has 110 valence electrons. The van der Waals surface area contributed by atoms with E-state index in [1.807, 2.05) is 0 Å². The van der Waals surface area contributed by atoms with Crippen molar-refractivity contribution in [2.75, 3.05) is 0 Å². The van der Waals surface area contributed by atoms with Crippen molar-refractivity contribution in [3.05, 3.63) is 62.6 Å². The van der Waals surface area contributed by atoms with E-state index >= 15 is 0 Å². The Labute approximate surface area is 133 Å². The number of amidine groups is 1. The molecule has 0 aliphatic carbocycles. The van der Waals surface area contributed by atoms with Crippen LogP contribution in [0.5, 0.6) is 5.75 Å². The first-order chi connectivity index (χ1) is 9.90. The Kier molecular flexibility index (Phi) is 4.80. The number of nitrogens with two attached hydrogens (primary N) is 1. The van der Waals surface area contributed by atoms with Crippen molar-refractivity contribution in [3.8, 4) is 5.75 Å². The van der Waals surface area contributed by atoms with Gasteiger partial charge in [0.15, 0.2) is 0 Å². The molecule has 21 heavy (non-hydrogen) atoms. The Morgan fingerprint density at radius 1 is 1.29 bits per heavy atom. The highest BCUT2D eigenvalue weighted by Crippen LogP contribution is 2.25. The van der Waals surface area contributed by atoms with Crippen molar-refractivity contribution >= 4 is 33.4 Å². The van der Waals surface area contributed by atoms with Crippen LogP contribution in [0.2, 0.25) is 5.02 Å². The summed E-state index contributed by atoms with van der Waals surface area (Å²) < 4.78 is 32.8. The van der Waals surface area contributed by atoms with E-state index in [0.29, 0.717) is 11.3 Å². The van der Waals surface area contributed by atoms with Gasteiger partial charge in [-0.1, -0.05) is 11.6 Å². The largest absolute Gasteiger partial charge is 0.489 e. The van der Waals surface area contributed by atoms with Crippen molar-refractivity contribution in [3.63, 3.8) is 0 Å². The van der Waals surface area contributed by atoms with Gasteiger partial charge in [-0.3, -0.25) is 5.41 Å². The van der Waals surface area contributed by atoms with E-state index in [4.69, 9.17) is 27.5 Å². The van der Waals surface area contributed by atoms with Gasteiger partial charge in [0, 0.05) is 5.56 Å². The smallest absolute Gasteiger partial charge is 0.146 e. The van der Waals surface area contributed by atoms with Crippen LogP contribution in [0.15, 0.2) is 34.8 Å². The summed E-state index contributed by atoms with van der Waals surface area (Å²) in [6, 6.07) is 6.90. The van der Waals surface area contributed by atoms with Crippen LogP contribution in [0.1, 0.15) is 11.1 Å². The predicted molar refractivity (Wildman–Crippen MR) is 80.9 cm³/mol. The number of benzene rings is 2. The second-order valence-electron chi connectivity index (χ2n) is 4.17. The standard InChI is InChI=1S/C14H10BrClF2N2O/c15-10-3-4-12(17)9(13(10)18)6-21-7-1-2-8(14(19)20)11(16)5-7/h1-5H,6H2,(H3,19,20). The van der Waals surface area contributed by atoms with Crippen molar-refractivity contribution in [1.82, 2.24) is 0 Å². The van der Waals surface area contributed by atoms with Gasteiger partial charge in [0.05, 0.1) is 15.1 Å². The number of ether oxygens (including phenoxy) is 1. The zero-order valence-electron chi connectivity index (χ0n) is 10.6. The van der Waals surface area contributed by atoms with E-state index < -0.39 is 11.6 Å². The quantitative estimate of drug-likeness (QED) is 0.477. The van der Waals surface area contributed by atoms with Crippen molar-refractivity contribution in [2.45, 2.75) is 6.61 Å². The second-order valence-corrected chi connectivity index (χ2v) is 5.43. The third-order valence-electron chi connectivity index (χ3n) is 2.75. The monoisotopic (exact) mass is 374 g/mol. The summed E-state index contributed by atoms with van der Waals surface area (Å²) in [5.74, 6) is -1.25. The molecule has 0 fully saturated rings. The fourth-order valence-corrected chi connectivity index (χ4v) is 2.30. The summed E-state index contributed by atoms with van der Waals surface area (Å²) in [7, 11) is 0. The van der Waals surface area contributed by atoms with E-state index in [1.54, 1.807) is 0 Å². The van der Waals surface area contributed by atoms with Crippen LogP contribution in [-0.4, -0.2) is 5.84 Å². The molecule has 3 nitrogen and oxygen atoms in total. The first-order valence-electron chi connectivity index (χ1n) is 5.79. The number of nitrogen functional groups attached to an aromatic ring is 1. The van der Waals surface area contributed by atoms with E-state index in [0.717, 1.165) is 6.07 Å². The minimum Gasteiger partial charge on any atom is -0.489 e. The van der Waals surface area contributed by atoms with Crippen LogP contribution in [0.25, 0.3) is 0 Å². The lowest BCUT2D eigenvalue weighted by atomic mass is 10.2. The molecule has 0 aromatic heterocycles. The fraction of sp³-hybridized carbons (Fsp3) is 0.0714. The highest BCUT2D eigenvalue weighted by atomic mass is 79.9. The van der Waals surface area contributed by atoms with Gasteiger partial charge in [0.2, 0.25) is 0 Å². The molecule has 0 amide bonds. The first-order valence-corrected chi connectivity index (χ1v) is 6.96. The van der Waals surface area contributed by atoms with Crippen LogP contribution < -0.4 is 10.5 Å². The predicted octanol–water partition coefficient (Wildman–Crippen LogP) is 4.24. The van der Waals surface area contributed by atoms with Crippen LogP contribution in [0.3, 0.4) is 0 Å². The molecule has 2 aromatic rings. The number of hydrogen-bond acceptors (Lipinski definition) is 2. The average molecular weight is 376 g/mol. The zero-order chi connectivity index (χ0) is 15.6. The molecule has 0 heterocycles. The molecular formula is C14H10BrClF2N2O. The minimum atomic E-state index is -0.707. The Hall–Kier alpha value is -1.66. The van der Waals surface area contributed by atoms with Crippen molar-refractivity contribution in [1.29, 1.82) is 5.41 Å². The molecule has 0 aliphatic rings. The van der Waals surface area contributed by atoms with E-state index in [1.165, 1.54) is 24.3 Å². The maximum absolute atomic E-state index is 13.8. The maximum atomic E-state index is 13.8. The molecule has 2 rings (SSSR count). The Balaban J connectivity index is 2.19.